The van der Waals surface area contributed by atoms with Crippen LogP contribution >= 0.6 is 0 Å². The zero-order chi connectivity index (χ0) is 14.8. The van der Waals surface area contributed by atoms with Gasteiger partial charge in [-0.2, -0.15) is 0 Å². The lowest BCUT2D eigenvalue weighted by atomic mass is 9.94. The van der Waals surface area contributed by atoms with Gasteiger partial charge in [0.05, 0.1) is 6.10 Å². The van der Waals surface area contributed by atoms with Crippen LogP contribution < -0.4 is 10.1 Å². The number of ether oxygens (including phenoxy) is 1. The quantitative estimate of drug-likeness (QED) is 0.893. The lowest BCUT2D eigenvalue weighted by Gasteiger charge is -2.50. The van der Waals surface area contributed by atoms with Crippen LogP contribution in [0.2, 0.25) is 0 Å². The normalized spacial score (nSPS) is 29.6. The fourth-order valence-electron chi connectivity index (χ4n) is 3.61. The molecule has 0 saturated carbocycles. The highest BCUT2D eigenvalue weighted by Gasteiger charge is 2.36. The highest BCUT2D eigenvalue weighted by atomic mass is 16.5. The Morgan fingerprint density at radius 1 is 1.19 bits per heavy atom. The van der Waals surface area contributed by atoms with Crippen LogP contribution in [0.5, 0.6) is 5.75 Å². The van der Waals surface area contributed by atoms with E-state index >= 15 is 0 Å². The maximum Gasteiger partial charge on any atom is 0.120 e. The summed E-state index contributed by atoms with van der Waals surface area (Å²) in [4.78, 5) is 5.22. The molecule has 0 aliphatic carbocycles. The summed E-state index contributed by atoms with van der Waals surface area (Å²) in [5.74, 6) is 0.971. The minimum absolute atomic E-state index is 0.217. The van der Waals surface area contributed by atoms with Crippen LogP contribution in [0.4, 0.5) is 0 Å². The van der Waals surface area contributed by atoms with Crippen molar-refractivity contribution in [1.82, 2.24) is 15.1 Å². The van der Waals surface area contributed by atoms with Crippen LogP contribution in [-0.4, -0.2) is 61.7 Å². The summed E-state index contributed by atoms with van der Waals surface area (Å²) >= 11 is 0. The van der Waals surface area contributed by atoms with E-state index in [-0.39, 0.29) is 6.10 Å². The Morgan fingerprint density at radius 3 is 2.52 bits per heavy atom. The molecule has 3 saturated heterocycles. The SMILES string of the molecule is CNC(c1cccc(OC(C)C)c1)C1CN2CCN1CC2. The van der Waals surface area contributed by atoms with Crippen LogP contribution in [0.15, 0.2) is 24.3 Å². The van der Waals surface area contributed by atoms with Gasteiger partial charge in [-0.1, -0.05) is 12.1 Å². The molecular formula is C17H27N3O. The molecule has 3 aliphatic heterocycles. The molecule has 0 amide bonds. The van der Waals surface area contributed by atoms with Gasteiger partial charge in [0.15, 0.2) is 0 Å². The fraction of sp³-hybridized carbons (Fsp3) is 0.647. The van der Waals surface area contributed by atoms with Crippen molar-refractivity contribution >= 4 is 0 Å². The second-order valence-corrected chi connectivity index (χ2v) is 6.41. The van der Waals surface area contributed by atoms with Crippen molar-refractivity contribution in [2.45, 2.75) is 32.0 Å². The van der Waals surface area contributed by atoms with Crippen molar-refractivity contribution in [2.24, 2.45) is 0 Å². The number of nitrogens with zero attached hydrogens (tertiary/aromatic N) is 2. The fourth-order valence-corrected chi connectivity index (χ4v) is 3.61. The maximum absolute atomic E-state index is 5.85. The van der Waals surface area contributed by atoms with Crippen LogP contribution in [-0.2, 0) is 0 Å². The number of piperazine rings is 3. The molecule has 4 rings (SSSR count). The predicted octanol–water partition coefficient (Wildman–Crippen LogP) is 1.73. The molecule has 2 atom stereocenters. The Labute approximate surface area is 128 Å². The van der Waals surface area contributed by atoms with Gasteiger partial charge in [-0.3, -0.25) is 9.80 Å². The molecule has 4 nitrogen and oxygen atoms in total. The molecule has 1 aromatic carbocycles. The van der Waals surface area contributed by atoms with E-state index in [9.17, 15) is 0 Å². The van der Waals surface area contributed by atoms with Gasteiger partial charge in [-0.15, -0.1) is 0 Å². The Kier molecular flexibility index (Phi) is 4.48. The van der Waals surface area contributed by atoms with Gasteiger partial charge in [-0.05, 0) is 38.6 Å². The van der Waals surface area contributed by atoms with Gasteiger partial charge in [0.25, 0.3) is 0 Å². The molecule has 0 spiro atoms. The van der Waals surface area contributed by atoms with E-state index in [1.165, 1.54) is 38.3 Å². The van der Waals surface area contributed by atoms with Gasteiger partial charge < -0.3 is 10.1 Å². The predicted molar refractivity (Wildman–Crippen MR) is 85.8 cm³/mol. The number of fused-ring (bicyclic) bond motifs is 3. The van der Waals surface area contributed by atoms with E-state index in [1.807, 2.05) is 6.07 Å². The number of nitrogens with one attached hydrogen (secondary N) is 1. The third kappa shape index (κ3) is 3.23. The van der Waals surface area contributed by atoms with E-state index in [2.05, 4.69) is 54.2 Å². The third-order valence-electron chi connectivity index (χ3n) is 4.61. The van der Waals surface area contributed by atoms with Crippen LogP contribution in [0.1, 0.15) is 25.5 Å². The first kappa shape index (κ1) is 14.8. The second kappa shape index (κ2) is 6.34. The minimum Gasteiger partial charge on any atom is -0.491 e. The van der Waals surface area contributed by atoms with E-state index in [0.717, 1.165) is 5.75 Å². The standard InChI is InChI=1S/C17H27N3O/c1-13(2)21-15-6-4-5-14(11-15)17(18-3)16-12-19-7-9-20(16)10-8-19/h4-6,11,13,16-18H,7-10,12H2,1-3H3. The molecule has 0 radical (unpaired) electrons. The first-order valence-electron chi connectivity index (χ1n) is 8.07. The number of rotatable bonds is 5. The van der Waals surface area contributed by atoms with E-state index in [4.69, 9.17) is 4.74 Å². The van der Waals surface area contributed by atoms with Crippen molar-refractivity contribution in [1.29, 1.82) is 0 Å². The first-order valence-corrected chi connectivity index (χ1v) is 8.07. The Hall–Kier alpha value is -1.10. The number of hydrogen-bond acceptors (Lipinski definition) is 4. The average molecular weight is 289 g/mol. The molecule has 2 bridgehead atoms. The molecule has 3 heterocycles. The molecule has 2 unspecified atom stereocenters. The van der Waals surface area contributed by atoms with Crippen molar-refractivity contribution in [3.8, 4) is 5.75 Å². The summed E-state index contributed by atoms with van der Waals surface area (Å²) in [7, 11) is 2.07. The monoisotopic (exact) mass is 289 g/mol. The van der Waals surface area contributed by atoms with Gasteiger partial charge in [0, 0.05) is 44.8 Å². The van der Waals surface area contributed by atoms with Crippen molar-refractivity contribution in [2.75, 3.05) is 39.8 Å². The molecule has 0 aromatic heterocycles. The lowest BCUT2D eigenvalue weighted by molar-refractivity contribution is -0.00258. The van der Waals surface area contributed by atoms with Gasteiger partial charge in [0.1, 0.15) is 5.75 Å². The average Bonchev–Trinajstić information content (AvgIpc) is 2.49. The first-order chi connectivity index (χ1) is 10.2. The van der Waals surface area contributed by atoms with E-state index in [0.29, 0.717) is 12.1 Å². The number of benzene rings is 1. The molecule has 21 heavy (non-hydrogen) atoms. The molecule has 1 aromatic rings. The maximum atomic E-state index is 5.85. The summed E-state index contributed by atoms with van der Waals surface area (Å²) in [6.45, 7) is 10.2. The molecule has 4 heteroatoms. The van der Waals surface area contributed by atoms with Crippen LogP contribution in [0.3, 0.4) is 0 Å². The van der Waals surface area contributed by atoms with Crippen molar-refractivity contribution < 1.29 is 4.74 Å². The Morgan fingerprint density at radius 2 is 1.95 bits per heavy atom. The van der Waals surface area contributed by atoms with Crippen LogP contribution in [0, 0.1) is 0 Å². The highest BCUT2D eigenvalue weighted by Crippen LogP contribution is 2.29. The summed E-state index contributed by atoms with van der Waals surface area (Å²) < 4.78 is 5.85. The van der Waals surface area contributed by atoms with Gasteiger partial charge in [-0.25, -0.2) is 0 Å². The Balaban J connectivity index is 1.79. The second-order valence-electron chi connectivity index (χ2n) is 6.41. The summed E-state index contributed by atoms with van der Waals surface area (Å²) in [5, 5.41) is 3.53. The van der Waals surface area contributed by atoms with Crippen molar-refractivity contribution in [3.05, 3.63) is 29.8 Å². The van der Waals surface area contributed by atoms with Crippen LogP contribution in [0.25, 0.3) is 0 Å². The smallest absolute Gasteiger partial charge is 0.120 e. The molecule has 1 N–H and O–H groups in total. The zero-order valence-corrected chi connectivity index (χ0v) is 13.4. The minimum atomic E-state index is 0.217. The largest absolute Gasteiger partial charge is 0.491 e. The topological polar surface area (TPSA) is 27.7 Å². The zero-order valence-electron chi connectivity index (χ0n) is 13.4. The molecule has 116 valence electrons. The third-order valence-corrected chi connectivity index (χ3v) is 4.61. The van der Waals surface area contributed by atoms with E-state index in [1.54, 1.807) is 0 Å². The van der Waals surface area contributed by atoms with Crippen molar-refractivity contribution in [3.63, 3.8) is 0 Å². The summed E-state index contributed by atoms with van der Waals surface area (Å²) in [5.41, 5.74) is 1.33. The van der Waals surface area contributed by atoms with Gasteiger partial charge >= 0.3 is 0 Å². The highest BCUT2D eigenvalue weighted by molar-refractivity contribution is 5.32. The molecule has 3 aliphatic rings. The summed E-state index contributed by atoms with van der Waals surface area (Å²) in [6.07, 6.45) is 0.217. The molecule has 3 fully saturated rings. The van der Waals surface area contributed by atoms with E-state index < -0.39 is 0 Å². The number of hydrogen-bond donors (Lipinski definition) is 1. The lowest BCUT2D eigenvalue weighted by Crippen LogP contribution is -2.63. The van der Waals surface area contributed by atoms with Gasteiger partial charge in [0.2, 0.25) is 0 Å². The summed E-state index contributed by atoms with van der Waals surface area (Å²) in [6, 6.07) is 9.49. The molecular weight excluding hydrogens is 262 g/mol. The Bertz CT molecular complexity index is 469. The number of likely N-dealkylation sites (N-methyl/N-ethyl adjacent to an activating group) is 1.